The van der Waals surface area contributed by atoms with Gasteiger partial charge in [-0.25, -0.2) is 0 Å². The van der Waals surface area contributed by atoms with Crippen molar-refractivity contribution in [1.29, 1.82) is 0 Å². The predicted octanol–water partition coefficient (Wildman–Crippen LogP) is 1.97. The molecule has 3 heteroatoms. The lowest BCUT2D eigenvalue weighted by atomic mass is 10.2. The number of phenols is 1. The lowest BCUT2D eigenvalue weighted by molar-refractivity contribution is 0.389. The van der Waals surface area contributed by atoms with Crippen LogP contribution < -0.4 is 4.74 Å². The fraction of sp³-hybridized carbons (Fsp3) is 0.250. The average Bonchev–Trinajstić information content (AvgIpc) is 1.98. The van der Waals surface area contributed by atoms with Crippen molar-refractivity contribution in [3.05, 3.63) is 23.8 Å². The molecule has 0 bridgehead atoms. The number of rotatable bonds is 2. The number of aromatic hydroxyl groups is 1. The van der Waals surface area contributed by atoms with Crippen molar-refractivity contribution in [3.63, 3.8) is 0 Å². The molecule has 0 amide bonds. The third-order valence-electron chi connectivity index (χ3n) is 1.41. The molecule has 11 heavy (non-hydrogen) atoms. The minimum atomic E-state index is 0.254. The van der Waals surface area contributed by atoms with Crippen molar-refractivity contribution in [2.75, 3.05) is 5.94 Å². The van der Waals surface area contributed by atoms with Crippen molar-refractivity contribution >= 4 is 12.6 Å². The molecule has 1 aromatic carbocycles. The Balaban J connectivity index is 2.86. The Hall–Kier alpha value is -0.830. The Kier molecular flexibility index (Phi) is 2.65. The average molecular weight is 170 g/mol. The van der Waals surface area contributed by atoms with Crippen LogP contribution in [0.4, 0.5) is 0 Å². The lowest BCUT2D eigenvalue weighted by Gasteiger charge is -2.03. The lowest BCUT2D eigenvalue weighted by Crippen LogP contribution is -1.88. The van der Waals surface area contributed by atoms with Gasteiger partial charge in [-0.1, -0.05) is 6.07 Å². The van der Waals surface area contributed by atoms with Crippen molar-refractivity contribution in [3.8, 4) is 11.5 Å². The second-order valence-corrected chi connectivity index (χ2v) is 2.48. The van der Waals surface area contributed by atoms with Gasteiger partial charge in [0.05, 0.1) is 0 Å². The van der Waals surface area contributed by atoms with Crippen LogP contribution in [-0.4, -0.2) is 11.0 Å². The van der Waals surface area contributed by atoms with Crippen LogP contribution in [-0.2, 0) is 0 Å². The second kappa shape index (κ2) is 3.53. The van der Waals surface area contributed by atoms with E-state index in [2.05, 4.69) is 12.6 Å². The third kappa shape index (κ3) is 2.05. The SMILES string of the molecule is Cc1ccc(OCS)cc1O. The summed E-state index contributed by atoms with van der Waals surface area (Å²) >= 11 is 3.89. The molecule has 0 fully saturated rings. The summed E-state index contributed by atoms with van der Waals surface area (Å²) in [5.74, 6) is 1.22. The van der Waals surface area contributed by atoms with E-state index in [4.69, 9.17) is 4.74 Å². The Morgan fingerprint density at radius 2 is 2.27 bits per heavy atom. The van der Waals surface area contributed by atoms with Gasteiger partial charge in [-0.3, -0.25) is 0 Å². The second-order valence-electron chi connectivity index (χ2n) is 2.22. The summed E-state index contributed by atoms with van der Waals surface area (Å²) in [6, 6.07) is 5.17. The Bertz CT molecular complexity index is 248. The summed E-state index contributed by atoms with van der Waals surface area (Å²) in [5.41, 5.74) is 0.844. The highest BCUT2D eigenvalue weighted by molar-refractivity contribution is 7.80. The van der Waals surface area contributed by atoms with Gasteiger partial charge in [0, 0.05) is 6.07 Å². The standard InChI is InChI=1S/C8H10O2S/c1-6-2-3-7(10-5-11)4-8(6)9/h2-4,9,11H,5H2,1H3. The van der Waals surface area contributed by atoms with E-state index in [1.54, 1.807) is 18.2 Å². The number of phenolic OH excluding ortho intramolecular Hbond substituents is 1. The van der Waals surface area contributed by atoms with Crippen LogP contribution in [0.15, 0.2) is 18.2 Å². The fourth-order valence-electron chi connectivity index (χ4n) is 0.754. The van der Waals surface area contributed by atoms with Gasteiger partial charge in [0.25, 0.3) is 0 Å². The van der Waals surface area contributed by atoms with Crippen LogP contribution in [0.3, 0.4) is 0 Å². The first-order valence-corrected chi connectivity index (χ1v) is 3.90. The van der Waals surface area contributed by atoms with Crippen molar-refractivity contribution in [1.82, 2.24) is 0 Å². The van der Waals surface area contributed by atoms with Gasteiger partial charge in [-0.2, -0.15) is 0 Å². The number of benzene rings is 1. The predicted molar refractivity (Wildman–Crippen MR) is 47.3 cm³/mol. The molecule has 0 aliphatic rings. The zero-order chi connectivity index (χ0) is 8.27. The Morgan fingerprint density at radius 3 is 2.82 bits per heavy atom. The van der Waals surface area contributed by atoms with Gasteiger partial charge in [-0.05, 0) is 18.6 Å². The molecule has 0 saturated carbocycles. The zero-order valence-corrected chi connectivity index (χ0v) is 7.14. The monoisotopic (exact) mass is 170 g/mol. The molecule has 0 atom stereocenters. The summed E-state index contributed by atoms with van der Waals surface area (Å²) in [6.07, 6.45) is 0. The van der Waals surface area contributed by atoms with Gasteiger partial charge in [0.15, 0.2) is 0 Å². The number of ether oxygens (including phenoxy) is 1. The van der Waals surface area contributed by atoms with Crippen LogP contribution in [0.25, 0.3) is 0 Å². The third-order valence-corrected chi connectivity index (χ3v) is 1.54. The van der Waals surface area contributed by atoms with Gasteiger partial charge in [-0.15, -0.1) is 12.6 Å². The first-order valence-electron chi connectivity index (χ1n) is 3.27. The maximum Gasteiger partial charge on any atom is 0.131 e. The number of aryl methyl sites for hydroxylation is 1. The minimum Gasteiger partial charge on any atom is -0.508 e. The molecule has 0 heterocycles. The molecule has 0 aromatic heterocycles. The number of hydrogen-bond donors (Lipinski definition) is 2. The summed E-state index contributed by atoms with van der Waals surface area (Å²) in [5, 5.41) is 9.22. The molecule has 1 aromatic rings. The smallest absolute Gasteiger partial charge is 0.131 e. The zero-order valence-electron chi connectivity index (χ0n) is 6.24. The van der Waals surface area contributed by atoms with E-state index >= 15 is 0 Å². The number of hydrogen-bond acceptors (Lipinski definition) is 3. The van der Waals surface area contributed by atoms with Gasteiger partial charge in [0.2, 0.25) is 0 Å². The summed E-state index contributed by atoms with van der Waals surface area (Å²) in [4.78, 5) is 0. The molecule has 1 rings (SSSR count). The highest BCUT2D eigenvalue weighted by atomic mass is 32.1. The molecule has 60 valence electrons. The highest BCUT2D eigenvalue weighted by Crippen LogP contribution is 2.22. The fourth-order valence-corrected chi connectivity index (χ4v) is 0.903. The van der Waals surface area contributed by atoms with Crippen molar-refractivity contribution < 1.29 is 9.84 Å². The van der Waals surface area contributed by atoms with E-state index in [9.17, 15) is 5.11 Å². The van der Waals surface area contributed by atoms with Crippen LogP contribution in [0.5, 0.6) is 11.5 Å². The van der Waals surface area contributed by atoms with Crippen LogP contribution >= 0.6 is 12.6 Å². The van der Waals surface area contributed by atoms with E-state index < -0.39 is 0 Å². The van der Waals surface area contributed by atoms with Gasteiger partial charge in [0.1, 0.15) is 17.4 Å². The van der Waals surface area contributed by atoms with E-state index in [-0.39, 0.29) is 5.75 Å². The molecular weight excluding hydrogens is 160 g/mol. The van der Waals surface area contributed by atoms with E-state index in [1.165, 1.54) is 0 Å². The van der Waals surface area contributed by atoms with Crippen LogP contribution in [0.2, 0.25) is 0 Å². The van der Waals surface area contributed by atoms with E-state index in [0.717, 1.165) is 5.56 Å². The molecule has 0 radical (unpaired) electrons. The summed E-state index contributed by atoms with van der Waals surface area (Å²) in [6.45, 7) is 1.83. The Morgan fingerprint density at radius 1 is 1.55 bits per heavy atom. The largest absolute Gasteiger partial charge is 0.508 e. The molecule has 0 saturated heterocycles. The summed E-state index contributed by atoms with van der Waals surface area (Å²) in [7, 11) is 0. The van der Waals surface area contributed by atoms with Gasteiger partial charge >= 0.3 is 0 Å². The highest BCUT2D eigenvalue weighted by Gasteiger charge is 1.97. The summed E-state index contributed by atoms with van der Waals surface area (Å²) < 4.78 is 5.05. The minimum absolute atomic E-state index is 0.254. The van der Waals surface area contributed by atoms with Crippen LogP contribution in [0, 0.1) is 6.92 Å². The molecule has 0 spiro atoms. The van der Waals surface area contributed by atoms with Crippen LogP contribution in [0.1, 0.15) is 5.56 Å². The topological polar surface area (TPSA) is 29.5 Å². The van der Waals surface area contributed by atoms with Crippen molar-refractivity contribution in [2.24, 2.45) is 0 Å². The molecule has 0 unspecified atom stereocenters. The molecule has 0 aliphatic heterocycles. The molecule has 0 aliphatic carbocycles. The first kappa shape index (κ1) is 8.27. The Labute approximate surface area is 71.2 Å². The quantitative estimate of drug-likeness (QED) is 0.525. The normalized spacial score (nSPS) is 9.64. The maximum atomic E-state index is 9.22. The molecule has 2 nitrogen and oxygen atoms in total. The van der Waals surface area contributed by atoms with E-state index in [1.807, 2.05) is 6.92 Å². The maximum absolute atomic E-state index is 9.22. The van der Waals surface area contributed by atoms with Gasteiger partial charge < -0.3 is 9.84 Å². The molecule has 1 N–H and O–H groups in total. The number of thiol groups is 1. The molecular formula is C8H10O2S. The van der Waals surface area contributed by atoms with Crippen molar-refractivity contribution in [2.45, 2.75) is 6.92 Å². The first-order chi connectivity index (χ1) is 5.24. The van der Waals surface area contributed by atoms with E-state index in [0.29, 0.717) is 11.7 Å².